The van der Waals surface area contributed by atoms with Crippen molar-refractivity contribution in [2.75, 3.05) is 0 Å². The number of aryl methyl sites for hydroxylation is 1. The van der Waals surface area contributed by atoms with Crippen molar-refractivity contribution >= 4 is 23.1 Å². The van der Waals surface area contributed by atoms with E-state index in [0.717, 1.165) is 18.6 Å². The van der Waals surface area contributed by atoms with Crippen LogP contribution in [0.4, 0.5) is 23.2 Å². The van der Waals surface area contributed by atoms with Gasteiger partial charge in [-0.1, -0.05) is 37.3 Å². The van der Waals surface area contributed by atoms with Crippen molar-refractivity contribution in [1.82, 2.24) is 0 Å². The first-order valence-electron chi connectivity index (χ1n) is 9.10. The fourth-order valence-corrected chi connectivity index (χ4v) is 3.03. The summed E-state index contributed by atoms with van der Waals surface area (Å²) in [5, 5.41) is 1.94. The number of isothiocyanates is 1. The number of hydrogen-bond acceptors (Lipinski definition) is 2. The molecule has 0 radical (unpaired) electrons. The molecule has 0 aliphatic carbocycles. The van der Waals surface area contributed by atoms with Gasteiger partial charge in [0.15, 0.2) is 11.6 Å². The molecule has 0 aromatic heterocycles. The molecule has 0 saturated carbocycles. The SMILES string of the molecule is CCCc1cc(F)c(C#Cc2ccc(-c3cc(F)c(N=C=S)c(F)c3)cc2)c(F)c1. The van der Waals surface area contributed by atoms with Crippen LogP contribution < -0.4 is 0 Å². The molecule has 3 aromatic carbocycles. The molecule has 0 N–H and O–H groups in total. The van der Waals surface area contributed by atoms with E-state index >= 15 is 0 Å². The van der Waals surface area contributed by atoms with Crippen LogP contribution in [-0.2, 0) is 6.42 Å². The lowest BCUT2D eigenvalue weighted by atomic mass is 10.0. The minimum Gasteiger partial charge on any atom is -0.206 e. The van der Waals surface area contributed by atoms with Crippen LogP contribution in [-0.4, -0.2) is 5.16 Å². The molecule has 3 aromatic rings. The Labute approximate surface area is 177 Å². The van der Waals surface area contributed by atoms with Gasteiger partial charge in [0.2, 0.25) is 0 Å². The highest BCUT2D eigenvalue weighted by molar-refractivity contribution is 7.78. The van der Waals surface area contributed by atoms with Gasteiger partial charge >= 0.3 is 0 Å². The maximum absolute atomic E-state index is 14.2. The van der Waals surface area contributed by atoms with E-state index in [1.54, 1.807) is 24.3 Å². The molecule has 1 nitrogen and oxygen atoms in total. The Balaban J connectivity index is 1.87. The molecule has 0 unspecified atom stereocenters. The summed E-state index contributed by atoms with van der Waals surface area (Å²) in [6, 6.07) is 11.3. The minimum absolute atomic E-state index is 0.294. The number of benzene rings is 3. The first-order valence-corrected chi connectivity index (χ1v) is 9.51. The number of rotatable bonds is 4. The fraction of sp³-hybridized carbons (Fsp3) is 0.125. The third-order valence-electron chi connectivity index (χ3n) is 4.36. The van der Waals surface area contributed by atoms with Crippen molar-refractivity contribution in [1.29, 1.82) is 0 Å². The molecule has 0 amide bonds. The molecular formula is C24H15F4NS. The highest BCUT2D eigenvalue weighted by Gasteiger charge is 2.12. The van der Waals surface area contributed by atoms with Crippen LogP contribution in [0.1, 0.15) is 30.0 Å². The maximum atomic E-state index is 14.2. The van der Waals surface area contributed by atoms with Gasteiger partial charge in [0.05, 0.1) is 10.7 Å². The Bertz CT molecular complexity index is 1150. The van der Waals surface area contributed by atoms with Gasteiger partial charge in [0, 0.05) is 5.56 Å². The molecule has 6 heteroatoms. The second-order valence-corrected chi connectivity index (χ2v) is 6.69. The monoisotopic (exact) mass is 425 g/mol. The normalized spacial score (nSPS) is 10.2. The molecular weight excluding hydrogens is 410 g/mol. The molecule has 0 aliphatic rings. The van der Waals surface area contributed by atoms with Crippen molar-refractivity contribution in [3.05, 3.63) is 88.5 Å². The molecule has 0 heterocycles. The number of aliphatic imine (C=N–C) groups is 1. The third-order valence-corrected chi connectivity index (χ3v) is 4.46. The molecule has 0 atom stereocenters. The van der Waals surface area contributed by atoms with Gasteiger partial charge in [0.1, 0.15) is 17.3 Å². The molecule has 0 spiro atoms. The van der Waals surface area contributed by atoms with Crippen molar-refractivity contribution in [2.24, 2.45) is 4.99 Å². The standard InChI is InChI=1S/C24H15F4NS/c1-2-3-16-10-20(25)19(21(26)11-16)9-6-15-4-7-17(8-5-15)18-12-22(27)24(29-14-30)23(28)13-18/h4-5,7-8,10-13H,2-3H2,1H3. The average Bonchev–Trinajstić information content (AvgIpc) is 2.70. The zero-order chi connectivity index (χ0) is 21.7. The zero-order valence-electron chi connectivity index (χ0n) is 15.9. The van der Waals surface area contributed by atoms with Gasteiger partial charge in [-0.2, -0.15) is 4.99 Å². The molecule has 3 rings (SSSR count). The first-order chi connectivity index (χ1) is 14.4. The van der Waals surface area contributed by atoms with Crippen molar-refractivity contribution < 1.29 is 17.6 Å². The van der Waals surface area contributed by atoms with E-state index in [1.165, 1.54) is 12.1 Å². The Hall–Kier alpha value is -3.26. The molecule has 0 fully saturated rings. The number of hydrogen-bond donors (Lipinski definition) is 0. The van der Waals surface area contributed by atoms with E-state index in [-0.39, 0.29) is 5.56 Å². The predicted molar refractivity (Wildman–Crippen MR) is 113 cm³/mol. The lowest BCUT2D eigenvalue weighted by molar-refractivity contribution is 0.573. The topological polar surface area (TPSA) is 12.4 Å². The van der Waals surface area contributed by atoms with E-state index in [2.05, 4.69) is 29.1 Å². The molecule has 0 saturated heterocycles. The van der Waals surface area contributed by atoms with Crippen LogP contribution in [0.15, 0.2) is 53.5 Å². The summed E-state index contributed by atoms with van der Waals surface area (Å²) in [7, 11) is 0. The quantitative estimate of drug-likeness (QED) is 0.190. The van der Waals surface area contributed by atoms with Gasteiger partial charge in [0.25, 0.3) is 0 Å². The second-order valence-electron chi connectivity index (χ2n) is 6.50. The van der Waals surface area contributed by atoms with Gasteiger partial charge in [-0.25, -0.2) is 17.6 Å². The highest BCUT2D eigenvalue weighted by atomic mass is 32.1. The van der Waals surface area contributed by atoms with E-state index in [0.29, 0.717) is 28.7 Å². The van der Waals surface area contributed by atoms with Crippen molar-refractivity contribution in [3.8, 4) is 23.0 Å². The predicted octanol–water partition coefficient (Wildman–Crippen LogP) is 7.00. The Morgan fingerprint density at radius 2 is 1.40 bits per heavy atom. The first kappa shape index (κ1) is 21.4. The minimum atomic E-state index is -0.858. The summed E-state index contributed by atoms with van der Waals surface area (Å²) >= 11 is 4.38. The second kappa shape index (κ2) is 9.49. The van der Waals surface area contributed by atoms with Crippen LogP contribution in [0.25, 0.3) is 11.1 Å². The maximum Gasteiger partial charge on any atom is 0.153 e. The van der Waals surface area contributed by atoms with Gasteiger partial charge in [-0.15, -0.1) is 0 Å². The molecule has 30 heavy (non-hydrogen) atoms. The lowest BCUT2D eigenvalue weighted by Crippen LogP contribution is -1.94. The van der Waals surface area contributed by atoms with Crippen molar-refractivity contribution in [3.63, 3.8) is 0 Å². The largest absolute Gasteiger partial charge is 0.206 e. The Morgan fingerprint density at radius 3 is 1.93 bits per heavy atom. The van der Waals surface area contributed by atoms with Crippen LogP contribution in [0.5, 0.6) is 0 Å². The average molecular weight is 425 g/mol. The van der Waals surface area contributed by atoms with Crippen LogP contribution in [0.2, 0.25) is 0 Å². The Kier molecular flexibility index (Phi) is 6.79. The summed E-state index contributed by atoms with van der Waals surface area (Å²) in [4.78, 5) is 3.37. The summed E-state index contributed by atoms with van der Waals surface area (Å²) in [5.41, 5.74) is 1.14. The van der Waals surface area contributed by atoms with E-state index in [1.807, 2.05) is 12.1 Å². The fourth-order valence-electron chi connectivity index (χ4n) is 2.94. The van der Waals surface area contributed by atoms with Crippen LogP contribution >= 0.6 is 12.2 Å². The highest BCUT2D eigenvalue weighted by Crippen LogP contribution is 2.29. The summed E-state index contributed by atoms with van der Waals surface area (Å²) < 4.78 is 56.3. The van der Waals surface area contributed by atoms with Crippen molar-refractivity contribution in [2.45, 2.75) is 19.8 Å². The lowest BCUT2D eigenvalue weighted by Gasteiger charge is -2.05. The third kappa shape index (κ3) is 4.83. The molecule has 0 bridgehead atoms. The smallest absolute Gasteiger partial charge is 0.153 e. The van der Waals surface area contributed by atoms with Gasteiger partial charge < -0.3 is 0 Å². The molecule has 150 valence electrons. The van der Waals surface area contributed by atoms with Crippen LogP contribution in [0.3, 0.4) is 0 Å². The zero-order valence-corrected chi connectivity index (χ0v) is 16.7. The van der Waals surface area contributed by atoms with E-state index in [4.69, 9.17) is 0 Å². The van der Waals surface area contributed by atoms with Gasteiger partial charge in [-0.05, 0) is 71.7 Å². The number of thiocarbonyl (C=S) groups is 1. The van der Waals surface area contributed by atoms with Gasteiger partial charge in [-0.3, -0.25) is 0 Å². The van der Waals surface area contributed by atoms with E-state index < -0.39 is 29.0 Å². The Morgan fingerprint density at radius 1 is 0.800 bits per heavy atom. The van der Waals surface area contributed by atoms with E-state index in [9.17, 15) is 17.6 Å². The number of nitrogens with zero attached hydrogens (tertiary/aromatic N) is 1. The summed E-state index contributed by atoms with van der Waals surface area (Å²) in [6.45, 7) is 1.93. The summed E-state index contributed by atoms with van der Waals surface area (Å²) in [6.07, 6.45) is 1.37. The molecule has 0 aliphatic heterocycles. The summed E-state index contributed by atoms with van der Waals surface area (Å²) in [5.74, 6) is 2.11. The number of halogens is 4. The van der Waals surface area contributed by atoms with Crippen LogP contribution in [0, 0.1) is 35.1 Å².